The molecule has 1 aromatic carbocycles. The monoisotopic (exact) mass is 267 g/mol. The number of benzene rings is 1. The molecule has 2 aromatic rings. The van der Waals surface area contributed by atoms with E-state index in [0.29, 0.717) is 5.02 Å². The minimum absolute atomic E-state index is 0.0655. The average molecular weight is 268 g/mol. The van der Waals surface area contributed by atoms with Crippen molar-refractivity contribution in [3.05, 3.63) is 51.3 Å². The van der Waals surface area contributed by atoms with E-state index in [0.717, 1.165) is 10.9 Å². The molecule has 0 radical (unpaired) electrons. The Morgan fingerprint density at radius 1 is 1.50 bits per heavy atom. The molecule has 92 valence electrons. The van der Waals surface area contributed by atoms with Gasteiger partial charge in [-0.15, -0.1) is 0 Å². The standard InChI is InChI=1S/C10H6ClN3O4/c11-7-1-2-8(14(17)18)9(3-7)13-5-6(4-12-13)10(15)16/h1-5H,(H,15,16). The van der Waals surface area contributed by atoms with Gasteiger partial charge < -0.3 is 5.11 Å². The molecule has 1 N–H and O–H groups in total. The van der Waals surface area contributed by atoms with Crippen molar-refractivity contribution in [3.8, 4) is 5.69 Å². The van der Waals surface area contributed by atoms with Crippen LogP contribution in [-0.4, -0.2) is 25.8 Å². The lowest BCUT2D eigenvalue weighted by Crippen LogP contribution is -2.01. The molecule has 0 amide bonds. The second-order valence-corrected chi connectivity index (χ2v) is 3.81. The summed E-state index contributed by atoms with van der Waals surface area (Å²) in [6.07, 6.45) is 2.29. The first-order chi connectivity index (χ1) is 8.49. The number of carboxylic acid groups (broad SMARTS) is 1. The lowest BCUT2D eigenvalue weighted by Gasteiger charge is -2.02. The summed E-state index contributed by atoms with van der Waals surface area (Å²) < 4.78 is 1.10. The lowest BCUT2D eigenvalue weighted by molar-refractivity contribution is -0.384. The van der Waals surface area contributed by atoms with Crippen molar-refractivity contribution < 1.29 is 14.8 Å². The maximum absolute atomic E-state index is 10.9. The summed E-state index contributed by atoms with van der Waals surface area (Å²) in [5.74, 6) is -1.16. The summed E-state index contributed by atoms with van der Waals surface area (Å²) in [6, 6.07) is 3.96. The largest absolute Gasteiger partial charge is 0.478 e. The van der Waals surface area contributed by atoms with Crippen molar-refractivity contribution in [2.75, 3.05) is 0 Å². The Hall–Kier alpha value is -2.41. The molecule has 0 saturated carbocycles. The molecule has 1 heterocycles. The maximum Gasteiger partial charge on any atom is 0.338 e. The molecule has 0 atom stereocenters. The number of carbonyl (C=O) groups is 1. The molecule has 0 saturated heterocycles. The van der Waals surface area contributed by atoms with Gasteiger partial charge in [-0.1, -0.05) is 11.6 Å². The minimum atomic E-state index is -1.16. The molecule has 0 aliphatic carbocycles. The molecule has 0 aliphatic rings. The van der Waals surface area contributed by atoms with Gasteiger partial charge in [-0.2, -0.15) is 5.10 Å². The van der Waals surface area contributed by atoms with Crippen LogP contribution in [0.5, 0.6) is 0 Å². The Morgan fingerprint density at radius 2 is 2.22 bits per heavy atom. The predicted octanol–water partition coefficient (Wildman–Crippen LogP) is 2.13. The van der Waals surface area contributed by atoms with E-state index in [1.165, 1.54) is 24.4 Å². The van der Waals surface area contributed by atoms with Gasteiger partial charge in [0.1, 0.15) is 5.69 Å². The van der Waals surface area contributed by atoms with E-state index in [-0.39, 0.29) is 16.9 Å². The van der Waals surface area contributed by atoms with Gasteiger partial charge in [0.25, 0.3) is 5.69 Å². The predicted molar refractivity (Wildman–Crippen MR) is 62.2 cm³/mol. The van der Waals surface area contributed by atoms with E-state index < -0.39 is 10.9 Å². The SMILES string of the molecule is O=C(O)c1cnn(-c2cc(Cl)ccc2[N+](=O)[O-])c1. The molecule has 0 spiro atoms. The van der Waals surface area contributed by atoms with Crippen LogP contribution < -0.4 is 0 Å². The number of aromatic nitrogens is 2. The molecule has 0 unspecified atom stereocenters. The molecule has 8 heteroatoms. The van der Waals surface area contributed by atoms with Gasteiger partial charge in [-0.3, -0.25) is 10.1 Å². The fourth-order valence-corrected chi connectivity index (χ4v) is 1.57. The molecule has 18 heavy (non-hydrogen) atoms. The van der Waals surface area contributed by atoms with E-state index in [1.54, 1.807) is 0 Å². The second-order valence-electron chi connectivity index (χ2n) is 3.37. The Bertz CT molecular complexity index is 638. The molecule has 7 nitrogen and oxygen atoms in total. The van der Waals surface area contributed by atoms with E-state index in [4.69, 9.17) is 16.7 Å². The van der Waals surface area contributed by atoms with Crippen LogP contribution in [0.4, 0.5) is 5.69 Å². The van der Waals surface area contributed by atoms with Gasteiger partial charge in [-0.25, -0.2) is 9.48 Å². The average Bonchev–Trinajstić information content (AvgIpc) is 2.77. The van der Waals surface area contributed by atoms with Crippen molar-refractivity contribution in [2.24, 2.45) is 0 Å². The highest BCUT2D eigenvalue weighted by Gasteiger charge is 2.17. The van der Waals surface area contributed by atoms with Crippen LogP contribution in [0.1, 0.15) is 10.4 Å². The highest BCUT2D eigenvalue weighted by atomic mass is 35.5. The molecule has 1 aromatic heterocycles. The topological polar surface area (TPSA) is 98.3 Å². The third-order valence-electron chi connectivity index (χ3n) is 2.21. The van der Waals surface area contributed by atoms with Crippen molar-refractivity contribution >= 4 is 23.3 Å². The van der Waals surface area contributed by atoms with Crippen LogP contribution in [0.25, 0.3) is 5.69 Å². The Labute approximate surface area is 105 Å². The molecule has 2 rings (SSSR count). The highest BCUT2D eigenvalue weighted by molar-refractivity contribution is 6.30. The molecule has 0 bridgehead atoms. The third-order valence-corrected chi connectivity index (χ3v) is 2.45. The van der Waals surface area contributed by atoms with Crippen LogP contribution in [0.2, 0.25) is 5.02 Å². The summed E-state index contributed by atoms with van der Waals surface area (Å²) >= 11 is 5.76. The zero-order valence-corrected chi connectivity index (χ0v) is 9.53. The molecule has 0 aliphatic heterocycles. The summed E-state index contributed by atoms with van der Waals surface area (Å²) in [5.41, 5.74) is -0.163. The van der Waals surface area contributed by atoms with E-state index in [1.807, 2.05) is 0 Å². The van der Waals surface area contributed by atoms with E-state index >= 15 is 0 Å². The Kier molecular flexibility index (Phi) is 2.99. The van der Waals surface area contributed by atoms with Gasteiger partial charge in [0, 0.05) is 17.3 Å². The number of hydrogen-bond acceptors (Lipinski definition) is 4. The zero-order valence-electron chi connectivity index (χ0n) is 8.78. The highest BCUT2D eigenvalue weighted by Crippen LogP contribution is 2.26. The van der Waals surface area contributed by atoms with Gasteiger partial charge in [0.05, 0.1) is 16.7 Å². The van der Waals surface area contributed by atoms with Gasteiger partial charge in [0.2, 0.25) is 0 Å². The smallest absolute Gasteiger partial charge is 0.338 e. The van der Waals surface area contributed by atoms with Crippen LogP contribution >= 0.6 is 11.6 Å². The first-order valence-corrected chi connectivity index (χ1v) is 5.09. The van der Waals surface area contributed by atoms with Crippen LogP contribution in [0, 0.1) is 10.1 Å². The minimum Gasteiger partial charge on any atom is -0.478 e. The number of nitrogens with zero attached hydrogens (tertiary/aromatic N) is 3. The first-order valence-electron chi connectivity index (χ1n) is 4.71. The number of rotatable bonds is 3. The zero-order chi connectivity index (χ0) is 13.3. The Morgan fingerprint density at radius 3 is 2.78 bits per heavy atom. The second kappa shape index (κ2) is 4.46. The summed E-state index contributed by atoms with van der Waals surface area (Å²) in [7, 11) is 0. The molecule has 0 fully saturated rings. The summed E-state index contributed by atoms with van der Waals surface area (Å²) in [4.78, 5) is 21.0. The first kappa shape index (κ1) is 12.1. The van der Waals surface area contributed by atoms with Crippen LogP contribution in [0.15, 0.2) is 30.6 Å². The number of nitro benzene ring substituents is 1. The normalized spacial score (nSPS) is 10.3. The van der Waals surface area contributed by atoms with Gasteiger partial charge in [-0.05, 0) is 12.1 Å². The Balaban J connectivity index is 2.57. The maximum atomic E-state index is 10.9. The van der Waals surface area contributed by atoms with E-state index in [2.05, 4.69) is 5.10 Å². The number of aromatic carboxylic acids is 1. The van der Waals surface area contributed by atoms with Gasteiger partial charge in [0.15, 0.2) is 0 Å². The summed E-state index contributed by atoms with van der Waals surface area (Å²) in [6.45, 7) is 0. The third kappa shape index (κ3) is 2.16. The fourth-order valence-electron chi connectivity index (χ4n) is 1.40. The number of nitro groups is 1. The van der Waals surface area contributed by atoms with Gasteiger partial charge >= 0.3 is 5.97 Å². The number of halogens is 1. The summed E-state index contributed by atoms with van der Waals surface area (Å²) in [5, 5.41) is 23.7. The fraction of sp³-hybridized carbons (Fsp3) is 0. The molecular formula is C10H6ClN3O4. The van der Waals surface area contributed by atoms with Crippen LogP contribution in [0.3, 0.4) is 0 Å². The quantitative estimate of drug-likeness (QED) is 0.678. The number of hydrogen-bond donors (Lipinski definition) is 1. The van der Waals surface area contributed by atoms with Crippen molar-refractivity contribution in [2.45, 2.75) is 0 Å². The molecular weight excluding hydrogens is 262 g/mol. The number of carboxylic acids is 1. The van der Waals surface area contributed by atoms with Crippen molar-refractivity contribution in [1.29, 1.82) is 0 Å². The van der Waals surface area contributed by atoms with Crippen molar-refractivity contribution in [3.63, 3.8) is 0 Å². The van der Waals surface area contributed by atoms with Crippen LogP contribution in [-0.2, 0) is 0 Å². The van der Waals surface area contributed by atoms with Crippen molar-refractivity contribution in [1.82, 2.24) is 9.78 Å². The lowest BCUT2D eigenvalue weighted by atomic mass is 10.2. The van der Waals surface area contributed by atoms with E-state index in [9.17, 15) is 14.9 Å².